The molecule has 0 fully saturated rings. The Hall–Kier alpha value is -2.56. The number of esters is 1. The monoisotopic (exact) mass is 357 g/mol. The SMILES string of the molecule is CCC(C)OC(=O)CC(C#N)(CC(=O)O)c1ccc(C(F)(F)F)cc1. The van der Waals surface area contributed by atoms with Crippen LogP contribution in [0.2, 0.25) is 0 Å². The van der Waals surface area contributed by atoms with Gasteiger partial charge in [-0.15, -0.1) is 0 Å². The minimum atomic E-state index is -4.56. The second-order valence-electron chi connectivity index (χ2n) is 5.73. The normalized spacial score (nSPS) is 14.9. The summed E-state index contributed by atoms with van der Waals surface area (Å²) in [5.41, 5.74) is -2.72. The van der Waals surface area contributed by atoms with E-state index in [-0.39, 0.29) is 5.56 Å². The van der Waals surface area contributed by atoms with Crippen LogP contribution in [0.3, 0.4) is 0 Å². The second kappa shape index (κ2) is 8.01. The molecule has 0 aliphatic rings. The Balaban J connectivity index is 3.21. The van der Waals surface area contributed by atoms with E-state index in [2.05, 4.69) is 0 Å². The molecule has 1 aromatic carbocycles. The molecule has 0 saturated carbocycles. The second-order valence-corrected chi connectivity index (χ2v) is 5.73. The third-order valence-corrected chi connectivity index (χ3v) is 3.79. The number of carboxylic acids is 1. The predicted molar refractivity (Wildman–Crippen MR) is 81.4 cm³/mol. The first-order valence-electron chi connectivity index (χ1n) is 7.54. The molecule has 1 rings (SSSR count). The van der Waals surface area contributed by atoms with Crippen molar-refractivity contribution in [3.63, 3.8) is 0 Å². The summed E-state index contributed by atoms with van der Waals surface area (Å²) < 4.78 is 43.1. The lowest BCUT2D eigenvalue weighted by atomic mass is 9.76. The number of benzene rings is 1. The molecule has 25 heavy (non-hydrogen) atoms. The van der Waals surface area contributed by atoms with Gasteiger partial charge in [0.05, 0.1) is 30.6 Å². The zero-order valence-corrected chi connectivity index (χ0v) is 13.8. The van der Waals surface area contributed by atoms with Crippen molar-refractivity contribution in [3.05, 3.63) is 35.4 Å². The van der Waals surface area contributed by atoms with Crippen LogP contribution in [0.1, 0.15) is 44.2 Å². The van der Waals surface area contributed by atoms with Crippen molar-refractivity contribution in [1.82, 2.24) is 0 Å². The third-order valence-electron chi connectivity index (χ3n) is 3.79. The van der Waals surface area contributed by atoms with E-state index in [1.165, 1.54) is 0 Å². The number of ether oxygens (including phenoxy) is 1. The number of hydrogen-bond acceptors (Lipinski definition) is 4. The van der Waals surface area contributed by atoms with Crippen LogP contribution in [-0.4, -0.2) is 23.1 Å². The van der Waals surface area contributed by atoms with Crippen LogP contribution in [0.25, 0.3) is 0 Å². The lowest BCUT2D eigenvalue weighted by Gasteiger charge is -2.25. The fourth-order valence-electron chi connectivity index (χ4n) is 2.24. The average Bonchev–Trinajstić information content (AvgIpc) is 2.52. The molecule has 8 heteroatoms. The van der Waals surface area contributed by atoms with Gasteiger partial charge in [-0.05, 0) is 31.0 Å². The van der Waals surface area contributed by atoms with Crippen molar-refractivity contribution < 1.29 is 32.6 Å². The molecule has 2 unspecified atom stereocenters. The lowest BCUT2D eigenvalue weighted by Crippen LogP contribution is -2.32. The highest BCUT2D eigenvalue weighted by molar-refractivity contribution is 5.77. The number of alkyl halides is 3. The molecule has 5 nitrogen and oxygen atoms in total. The Morgan fingerprint density at radius 1 is 1.20 bits per heavy atom. The van der Waals surface area contributed by atoms with Gasteiger partial charge in [-0.2, -0.15) is 18.4 Å². The molecule has 0 spiro atoms. The van der Waals surface area contributed by atoms with Crippen molar-refractivity contribution in [2.45, 2.75) is 50.8 Å². The van der Waals surface area contributed by atoms with Crippen LogP contribution in [-0.2, 0) is 25.9 Å². The van der Waals surface area contributed by atoms with Gasteiger partial charge in [-0.1, -0.05) is 19.1 Å². The summed E-state index contributed by atoms with van der Waals surface area (Å²) in [6.07, 6.45) is -5.74. The van der Waals surface area contributed by atoms with Gasteiger partial charge >= 0.3 is 18.1 Å². The number of hydrogen-bond donors (Lipinski definition) is 1. The highest BCUT2D eigenvalue weighted by Crippen LogP contribution is 2.35. The number of nitriles is 1. The zero-order chi connectivity index (χ0) is 19.3. The van der Waals surface area contributed by atoms with E-state index in [1.807, 2.05) is 0 Å². The quantitative estimate of drug-likeness (QED) is 0.752. The predicted octanol–water partition coefficient (Wildman–Crippen LogP) is 3.67. The van der Waals surface area contributed by atoms with Crippen LogP contribution in [0.15, 0.2) is 24.3 Å². The van der Waals surface area contributed by atoms with E-state index in [4.69, 9.17) is 9.84 Å². The topological polar surface area (TPSA) is 87.4 Å². The number of carbonyl (C=O) groups is 2. The van der Waals surface area contributed by atoms with Crippen LogP contribution in [0.4, 0.5) is 13.2 Å². The summed E-state index contributed by atoms with van der Waals surface area (Å²) in [6, 6.07) is 5.33. The van der Waals surface area contributed by atoms with Gasteiger partial charge in [0.15, 0.2) is 0 Å². The Bertz CT molecular complexity index is 664. The van der Waals surface area contributed by atoms with Gasteiger partial charge in [0.25, 0.3) is 0 Å². The first kappa shape index (κ1) is 20.5. The summed E-state index contributed by atoms with van der Waals surface area (Å²) in [5.74, 6) is -2.13. The maximum absolute atomic E-state index is 12.7. The third kappa shape index (κ3) is 5.48. The summed E-state index contributed by atoms with van der Waals surface area (Å²) in [7, 11) is 0. The Morgan fingerprint density at radius 2 is 1.72 bits per heavy atom. The highest BCUT2D eigenvalue weighted by Gasteiger charge is 2.39. The minimum absolute atomic E-state index is 0.0199. The van der Waals surface area contributed by atoms with Gasteiger partial charge < -0.3 is 9.84 Å². The Labute approximate surface area is 143 Å². The van der Waals surface area contributed by atoms with Crippen molar-refractivity contribution in [1.29, 1.82) is 5.26 Å². The molecule has 2 atom stereocenters. The van der Waals surface area contributed by atoms with Gasteiger partial charge in [0, 0.05) is 0 Å². The van der Waals surface area contributed by atoms with Crippen LogP contribution in [0, 0.1) is 11.3 Å². The number of carbonyl (C=O) groups excluding carboxylic acids is 1. The van der Waals surface area contributed by atoms with E-state index in [1.54, 1.807) is 19.9 Å². The van der Waals surface area contributed by atoms with Gasteiger partial charge in [-0.25, -0.2) is 0 Å². The molecule has 0 saturated heterocycles. The van der Waals surface area contributed by atoms with Gasteiger partial charge in [0.1, 0.15) is 5.41 Å². The average molecular weight is 357 g/mol. The Morgan fingerprint density at radius 3 is 2.12 bits per heavy atom. The molecular formula is C17H18F3NO4. The molecule has 0 heterocycles. The Kier molecular flexibility index (Phi) is 6.56. The van der Waals surface area contributed by atoms with Crippen molar-refractivity contribution in [3.8, 4) is 6.07 Å². The van der Waals surface area contributed by atoms with Crippen molar-refractivity contribution >= 4 is 11.9 Å². The first-order chi connectivity index (χ1) is 11.5. The van der Waals surface area contributed by atoms with E-state index < -0.39 is 48.0 Å². The molecule has 1 aromatic rings. The summed E-state index contributed by atoms with van der Waals surface area (Å²) in [4.78, 5) is 23.2. The number of aliphatic carboxylic acids is 1. The first-order valence-corrected chi connectivity index (χ1v) is 7.54. The van der Waals surface area contributed by atoms with E-state index in [0.717, 1.165) is 24.3 Å². The maximum atomic E-state index is 12.7. The van der Waals surface area contributed by atoms with Crippen LogP contribution in [0.5, 0.6) is 0 Å². The number of nitrogens with zero attached hydrogens (tertiary/aromatic N) is 1. The van der Waals surface area contributed by atoms with Gasteiger partial charge in [-0.3, -0.25) is 9.59 Å². The summed E-state index contributed by atoms with van der Waals surface area (Å²) in [5, 5.41) is 18.6. The number of rotatable bonds is 7. The summed E-state index contributed by atoms with van der Waals surface area (Å²) >= 11 is 0. The molecule has 0 aromatic heterocycles. The molecule has 0 radical (unpaired) electrons. The van der Waals surface area contributed by atoms with Crippen molar-refractivity contribution in [2.24, 2.45) is 0 Å². The standard InChI is InChI=1S/C17H18F3NO4/c1-3-11(2)25-15(24)9-16(10-21,8-14(22)23)12-4-6-13(7-5-12)17(18,19)20/h4-7,11H,3,8-9H2,1-2H3,(H,22,23). The fourth-order valence-corrected chi connectivity index (χ4v) is 2.24. The minimum Gasteiger partial charge on any atom is -0.481 e. The fraction of sp³-hybridized carbons (Fsp3) is 0.471. The molecule has 0 bridgehead atoms. The zero-order valence-electron chi connectivity index (χ0n) is 13.8. The van der Waals surface area contributed by atoms with E-state index in [9.17, 15) is 28.0 Å². The molecule has 0 aliphatic heterocycles. The van der Waals surface area contributed by atoms with E-state index >= 15 is 0 Å². The molecule has 0 aliphatic carbocycles. The number of halogens is 3. The van der Waals surface area contributed by atoms with Crippen LogP contribution >= 0.6 is 0 Å². The molecule has 0 amide bonds. The highest BCUT2D eigenvalue weighted by atomic mass is 19.4. The van der Waals surface area contributed by atoms with E-state index in [0.29, 0.717) is 6.42 Å². The van der Waals surface area contributed by atoms with Crippen LogP contribution < -0.4 is 0 Å². The smallest absolute Gasteiger partial charge is 0.416 e. The van der Waals surface area contributed by atoms with Crippen molar-refractivity contribution in [2.75, 3.05) is 0 Å². The lowest BCUT2D eigenvalue weighted by molar-refractivity contribution is -0.150. The maximum Gasteiger partial charge on any atom is 0.416 e. The molecule has 136 valence electrons. The summed E-state index contributed by atoms with van der Waals surface area (Å²) in [6.45, 7) is 3.42. The largest absolute Gasteiger partial charge is 0.481 e. The molecule has 1 N–H and O–H groups in total. The van der Waals surface area contributed by atoms with Gasteiger partial charge in [0.2, 0.25) is 0 Å². The molecular weight excluding hydrogens is 339 g/mol. The number of carboxylic acid groups (broad SMARTS) is 1.